The van der Waals surface area contributed by atoms with Crippen molar-refractivity contribution in [2.75, 3.05) is 13.1 Å². The van der Waals surface area contributed by atoms with Crippen LogP contribution in [0.2, 0.25) is 0 Å². The summed E-state index contributed by atoms with van der Waals surface area (Å²) in [5, 5.41) is 14.9. The average molecular weight is 384 g/mol. The Morgan fingerprint density at radius 2 is 2.00 bits per heavy atom. The first-order valence-corrected chi connectivity index (χ1v) is 10.1. The molecule has 1 N–H and O–H groups in total. The minimum absolute atomic E-state index is 0.0507. The van der Waals surface area contributed by atoms with Crippen molar-refractivity contribution in [1.29, 1.82) is 0 Å². The van der Waals surface area contributed by atoms with Crippen LogP contribution in [-0.4, -0.2) is 49.5 Å². The Kier molecular flexibility index (Phi) is 4.87. The van der Waals surface area contributed by atoms with Gasteiger partial charge in [0, 0.05) is 38.2 Å². The second-order valence-corrected chi connectivity index (χ2v) is 8.23. The highest BCUT2D eigenvalue weighted by Gasteiger charge is 2.44. The van der Waals surface area contributed by atoms with Crippen LogP contribution in [0.5, 0.6) is 0 Å². The summed E-state index contributed by atoms with van der Waals surface area (Å²) >= 11 is 0. The van der Waals surface area contributed by atoms with E-state index in [-0.39, 0.29) is 29.0 Å². The third-order valence-corrected chi connectivity index (χ3v) is 6.58. The van der Waals surface area contributed by atoms with Gasteiger partial charge in [0.1, 0.15) is 5.56 Å². The molecule has 4 rings (SSSR count). The number of likely N-dealkylation sites (tertiary alicyclic amines) is 1. The number of rotatable bonds is 3. The Bertz CT molecular complexity index is 934. The molecular formula is C21H28N4O3. The molecule has 3 heterocycles. The zero-order valence-corrected chi connectivity index (χ0v) is 16.7. The highest BCUT2D eigenvalue weighted by Crippen LogP contribution is 2.41. The van der Waals surface area contributed by atoms with E-state index in [2.05, 4.69) is 5.10 Å². The maximum atomic E-state index is 13.1. The first-order valence-electron chi connectivity index (χ1n) is 10.1. The molecule has 1 saturated carbocycles. The van der Waals surface area contributed by atoms with Crippen molar-refractivity contribution in [3.63, 3.8) is 0 Å². The Morgan fingerprint density at radius 1 is 1.29 bits per heavy atom. The quantitative estimate of drug-likeness (QED) is 0.870. The van der Waals surface area contributed by atoms with E-state index in [1.165, 1.54) is 0 Å². The lowest BCUT2D eigenvalue weighted by Gasteiger charge is -2.35. The molecular weight excluding hydrogens is 356 g/mol. The van der Waals surface area contributed by atoms with Crippen molar-refractivity contribution in [1.82, 2.24) is 19.2 Å². The smallest absolute Gasteiger partial charge is 0.263 e. The van der Waals surface area contributed by atoms with Crippen LogP contribution in [-0.2, 0) is 13.5 Å². The van der Waals surface area contributed by atoms with Gasteiger partial charge >= 0.3 is 0 Å². The zero-order chi connectivity index (χ0) is 20.0. The summed E-state index contributed by atoms with van der Waals surface area (Å²) < 4.78 is 3.43. The molecule has 7 heteroatoms. The highest BCUT2D eigenvalue weighted by atomic mass is 16.3. The van der Waals surface area contributed by atoms with Crippen LogP contribution < -0.4 is 5.56 Å². The van der Waals surface area contributed by atoms with Crippen LogP contribution in [0.4, 0.5) is 0 Å². The lowest BCUT2D eigenvalue weighted by molar-refractivity contribution is 0.0306. The lowest BCUT2D eigenvalue weighted by atomic mass is 9.77. The van der Waals surface area contributed by atoms with Crippen molar-refractivity contribution in [2.24, 2.45) is 18.9 Å². The highest BCUT2D eigenvalue weighted by molar-refractivity contribution is 5.94. The van der Waals surface area contributed by atoms with Gasteiger partial charge in [-0.05, 0) is 55.7 Å². The van der Waals surface area contributed by atoms with E-state index in [0.717, 1.165) is 24.1 Å². The maximum Gasteiger partial charge on any atom is 0.263 e. The van der Waals surface area contributed by atoms with Gasteiger partial charge in [-0.1, -0.05) is 6.92 Å². The topological polar surface area (TPSA) is 80.4 Å². The predicted molar refractivity (Wildman–Crippen MR) is 105 cm³/mol. The van der Waals surface area contributed by atoms with Crippen LogP contribution in [0, 0.1) is 18.8 Å². The molecule has 0 radical (unpaired) electrons. The summed E-state index contributed by atoms with van der Waals surface area (Å²) in [5.41, 5.74) is 1.96. The molecule has 28 heavy (non-hydrogen) atoms. The van der Waals surface area contributed by atoms with Gasteiger partial charge in [0.15, 0.2) is 0 Å². The molecule has 4 atom stereocenters. The van der Waals surface area contributed by atoms with Crippen molar-refractivity contribution < 1.29 is 9.90 Å². The van der Waals surface area contributed by atoms with Crippen LogP contribution in [0.3, 0.4) is 0 Å². The fraction of sp³-hybridized carbons (Fsp3) is 0.571. The molecule has 1 amide bonds. The number of carbonyl (C=O) groups is 1. The van der Waals surface area contributed by atoms with Gasteiger partial charge in [0.05, 0.1) is 12.1 Å². The molecule has 150 valence electrons. The zero-order valence-electron chi connectivity index (χ0n) is 16.7. The Morgan fingerprint density at radius 3 is 2.64 bits per heavy atom. The third-order valence-electron chi connectivity index (χ3n) is 6.58. The molecule has 0 bridgehead atoms. The SMILES string of the molecule is CCc1c(C)cc(C(=O)N2C[C@H]3C[C@@H](n4cccn4)[C@H](O)C[C@H]3C2)c(=O)n1C. The molecule has 7 nitrogen and oxygen atoms in total. The number of fused-ring (bicyclic) bond motifs is 1. The molecule has 0 unspecified atom stereocenters. The van der Waals surface area contributed by atoms with Crippen molar-refractivity contribution in [3.05, 3.63) is 51.7 Å². The molecule has 0 spiro atoms. The van der Waals surface area contributed by atoms with Gasteiger partial charge in [0.2, 0.25) is 0 Å². The average Bonchev–Trinajstić information content (AvgIpc) is 3.33. The first-order chi connectivity index (χ1) is 13.4. The fourth-order valence-electron chi connectivity index (χ4n) is 5.10. The van der Waals surface area contributed by atoms with E-state index in [9.17, 15) is 14.7 Å². The fourth-order valence-corrected chi connectivity index (χ4v) is 5.10. The number of nitrogens with zero attached hydrogens (tertiary/aromatic N) is 4. The molecule has 2 aliphatic rings. The van der Waals surface area contributed by atoms with Gasteiger partial charge in [0.25, 0.3) is 11.5 Å². The second kappa shape index (κ2) is 7.20. The normalized spacial score (nSPS) is 27.1. The number of aliphatic hydroxyl groups excluding tert-OH is 1. The van der Waals surface area contributed by atoms with E-state index in [4.69, 9.17) is 0 Å². The molecule has 0 aromatic carbocycles. The standard InChI is InChI=1S/C21H28N4O3/c1-4-17-13(2)8-16(20(27)23(17)3)21(28)24-11-14-9-18(25-7-5-6-22-25)19(26)10-15(14)12-24/h5-8,14-15,18-19,26H,4,9-12H2,1-3H3/t14-,15+,18-,19-/m1/s1. The number of pyridine rings is 1. The molecule has 2 aromatic rings. The molecule has 2 fully saturated rings. The van der Waals surface area contributed by atoms with E-state index in [0.29, 0.717) is 25.4 Å². The van der Waals surface area contributed by atoms with Crippen molar-refractivity contribution in [3.8, 4) is 0 Å². The Hall–Kier alpha value is -2.41. The van der Waals surface area contributed by atoms with Crippen LogP contribution in [0.25, 0.3) is 0 Å². The number of aryl methyl sites for hydroxylation is 1. The van der Waals surface area contributed by atoms with Crippen LogP contribution in [0.1, 0.15) is 47.4 Å². The molecule has 1 aliphatic carbocycles. The van der Waals surface area contributed by atoms with Gasteiger partial charge in [-0.3, -0.25) is 14.3 Å². The van der Waals surface area contributed by atoms with Crippen LogP contribution in [0.15, 0.2) is 29.3 Å². The second-order valence-electron chi connectivity index (χ2n) is 8.23. The monoisotopic (exact) mass is 384 g/mol. The first kappa shape index (κ1) is 18.9. The molecule has 1 saturated heterocycles. The van der Waals surface area contributed by atoms with Crippen molar-refractivity contribution >= 4 is 5.91 Å². The number of carbonyl (C=O) groups excluding carboxylic acids is 1. The Balaban J connectivity index is 1.55. The summed E-state index contributed by atoms with van der Waals surface area (Å²) in [5.74, 6) is 0.401. The number of amides is 1. The largest absolute Gasteiger partial charge is 0.391 e. The number of hydrogen-bond acceptors (Lipinski definition) is 4. The third kappa shape index (κ3) is 3.07. The Labute approximate surface area is 164 Å². The molecule has 1 aliphatic heterocycles. The lowest BCUT2D eigenvalue weighted by Crippen LogP contribution is -2.36. The van der Waals surface area contributed by atoms with Gasteiger partial charge in [-0.2, -0.15) is 5.10 Å². The van der Waals surface area contributed by atoms with Gasteiger partial charge in [-0.25, -0.2) is 0 Å². The van der Waals surface area contributed by atoms with E-state index >= 15 is 0 Å². The number of aromatic nitrogens is 3. The van der Waals surface area contributed by atoms with E-state index in [1.54, 1.807) is 28.8 Å². The van der Waals surface area contributed by atoms with Crippen LogP contribution >= 0.6 is 0 Å². The summed E-state index contributed by atoms with van der Waals surface area (Å²) in [6, 6.07) is 3.55. The molecule has 2 aromatic heterocycles. The van der Waals surface area contributed by atoms with E-state index < -0.39 is 6.10 Å². The number of aliphatic hydroxyl groups is 1. The minimum Gasteiger partial charge on any atom is -0.391 e. The maximum absolute atomic E-state index is 13.1. The summed E-state index contributed by atoms with van der Waals surface area (Å²) in [6.07, 6.45) is 5.35. The van der Waals surface area contributed by atoms with E-state index in [1.807, 2.05) is 30.8 Å². The van der Waals surface area contributed by atoms with Gasteiger partial charge < -0.3 is 14.6 Å². The minimum atomic E-state index is -0.463. The summed E-state index contributed by atoms with van der Waals surface area (Å²) in [4.78, 5) is 27.7. The number of hydrogen-bond donors (Lipinski definition) is 1. The predicted octanol–water partition coefficient (Wildman–Crippen LogP) is 1.54. The van der Waals surface area contributed by atoms with Crippen molar-refractivity contribution in [2.45, 2.75) is 45.3 Å². The summed E-state index contributed by atoms with van der Waals surface area (Å²) in [7, 11) is 1.74. The van der Waals surface area contributed by atoms with Gasteiger partial charge in [-0.15, -0.1) is 0 Å². The summed E-state index contributed by atoms with van der Waals surface area (Å²) in [6.45, 7) is 5.19.